The van der Waals surface area contributed by atoms with Crippen LogP contribution in [0.25, 0.3) is 0 Å². The number of alkyl halides is 2. The first-order valence-electron chi connectivity index (χ1n) is 6.04. The Kier molecular flexibility index (Phi) is 3.61. The summed E-state index contributed by atoms with van der Waals surface area (Å²) in [5, 5.41) is 2.90. The van der Waals surface area contributed by atoms with Gasteiger partial charge in [-0.25, -0.2) is 0 Å². The van der Waals surface area contributed by atoms with Crippen LogP contribution in [0.4, 0.5) is 0 Å². The van der Waals surface area contributed by atoms with Gasteiger partial charge in [-0.2, -0.15) is 0 Å². The zero-order valence-electron chi connectivity index (χ0n) is 10.5. The zero-order chi connectivity index (χ0) is 13.4. The smallest absolute Gasteiger partial charge is 0.224 e. The third-order valence-electron chi connectivity index (χ3n) is 3.80. The minimum Gasteiger partial charge on any atom is -0.355 e. The highest BCUT2D eigenvalue weighted by molar-refractivity contribution is 6.51. The van der Waals surface area contributed by atoms with Crippen molar-refractivity contribution in [1.29, 1.82) is 0 Å². The first-order valence-corrected chi connectivity index (χ1v) is 6.79. The molecule has 1 aromatic rings. The Morgan fingerprint density at radius 2 is 1.83 bits per heavy atom. The molecule has 1 atom stereocenters. The van der Waals surface area contributed by atoms with Crippen LogP contribution < -0.4 is 5.32 Å². The van der Waals surface area contributed by atoms with Gasteiger partial charge in [-0.15, -0.1) is 23.2 Å². The molecule has 1 aliphatic carbocycles. The van der Waals surface area contributed by atoms with E-state index >= 15 is 0 Å². The Balaban J connectivity index is 1.81. The van der Waals surface area contributed by atoms with Crippen LogP contribution in [0.1, 0.15) is 19.4 Å². The molecule has 4 heteroatoms. The highest BCUT2D eigenvalue weighted by Crippen LogP contribution is 2.68. The van der Waals surface area contributed by atoms with Gasteiger partial charge in [0.2, 0.25) is 5.91 Å². The van der Waals surface area contributed by atoms with Crippen molar-refractivity contribution in [2.45, 2.75) is 24.6 Å². The molecule has 0 saturated heterocycles. The molecule has 2 nitrogen and oxygen atoms in total. The standard InChI is InChI=1S/C14H17Cl2NO/c1-13(2)11(14(13,15)16)9-17-12(18)8-10-6-4-3-5-7-10/h3-7,11H,8-9H2,1-2H3,(H,17,18). The summed E-state index contributed by atoms with van der Waals surface area (Å²) < 4.78 is -0.715. The largest absolute Gasteiger partial charge is 0.355 e. The Bertz CT molecular complexity index is 428. The molecule has 1 aliphatic rings. The normalized spacial score (nSPS) is 23.4. The quantitative estimate of drug-likeness (QED) is 0.846. The van der Waals surface area contributed by atoms with Crippen molar-refractivity contribution in [2.24, 2.45) is 11.3 Å². The van der Waals surface area contributed by atoms with Crippen molar-refractivity contribution >= 4 is 29.1 Å². The fourth-order valence-corrected chi connectivity index (χ4v) is 3.05. The molecule has 1 unspecified atom stereocenters. The average molecular weight is 286 g/mol. The molecule has 0 aliphatic heterocycles. The van der Waals surface area contributed by atoms with Gasteiger partial charge < -0.3 is 5.32 Å². The summed E-state index contributed by atoms with van der Waals surface area (Å²) in [7, 11) is 0. The van der Waals surface area contributed by atoms with Gasteiger partial charge in [0.1, 0.15) is 4.33 Å². The third-order valence-corrected chi connectivity index (χ3v) is 5.30. The molecule has 2 rings (SSSR count). The molecule has 0 heterocycles. The molecule has 0 radical (unpaired) electrons. The molecule has 0 bridgehead atoms. The lowest BCUT2D eigenvalue weighted by molar-refractivity contribution is -0.120. The van der Waals surface area contributed by atoms with E-state index in [1.165, 1.54) is 0 Å². The number of rotatable bonds is 4. The highest BCUT2D eigenvalue weighted by atomic mass is 35.5. The zero-order valence-corrected chi connectivity index (χ0v) is 12.1. The van der Waals surface area contributed by atoms with E-state index in [9.17, 15) is 4.79 Å². The molecular weight excluding hydrogens is 269 g/mol. The molecule has 0 spiro atoms. The molecule has 98 valence electrons. The van der Waals surface area contributed by atoms with E-state index in [1.807, 2.05) is 44.2 Å². The summed E-state index contributed by atoms with van der Waals surface area (Å²) in [5.74, 6) is 0.126. The average Bonchev–Trinajstić information content (AvgIpc) is 2.68. The predicted molar refractivity (Wildman–Crippen MR) is 74.9 cm³/mol. The first kappa shape index (κ1) is 13.7. The summed E-state index contributed by atoms with van der Waals surface area (Å²) in [6, 6.07) is 9.66. The van der Waals surface area contributed by atoms with Crippen LogP contribution in [0, 0.1) is 11.3 Å². The van der Waals surface area contributed by atoms with Crippen LogP contribution in [-0.2, 0) is 11.2 Å². The highest BCUT2D eigenvalue weighted by Gasteiger charge is 2.69. The fraction of sp³-hybridized carbons (Fsp3) is 0.500. The number of hydrogen-bond donors (Lipinski definition) is 1. The van der Waals surface area contributed by atoms with E-state index in [0.717, 1.165) is 5.56 Å². The number of benzene rings is 1. The van der Waals surface area contributed by atoms with E-state index < -0.39 is 4.33 Å². The maximum absolute atomic E-state index is 11.8. The van der Waals surface area contributed by atoms with Gasteiger partial charge in [-0.05, 0) is 5.56 Å². The van der Waals surface area contributed by atoms with E-state index in [1.54, 1.807) is 0 Å². The van der Waals surface area contributed by atoms with Crippen LogP contribution >= 0.6 is 23.2 Å². The van der Waals surface area contributed by atoms with Gasteiger partial charge in [0.15, 0.2) is 0 Å². The number of hydrogen-bond acceptors (Lipinski definition) is 1. The number of amides is 1. The molecule has 1 fully saturated rings. The fourth-order valence-electron chi connectivity index (χ4n) is 2.20. The van der Waals surface area contributed by atoms with Crippen molar-refractivity contribution in [3.63, 3.8) is 0 Å². The summed E-state index contributed by atoms with van der Waals surface area (Å²) in [4.78, 5) is 11.8. The maximum atomic E-state index is 11.8. The van der Waals surface area contributed by atoms with Gasteiger partial charge in [-0.3, -0.25) is 4.79 Å². The van der Waals surface area contributed by atoms with Crippen LogP contribution in [0.2, 0.25) is 0 Å². The van der Waals surface area contributed by atoms with Crippen molar-refractivity contribution in [3.05, 3.63) is 35.9 Å². The Labute approximate surface area is 118 Å². The van der Waals surface area contributed by atoms with E-state index in [0.29, 0.717) is 13.0 Å². The monoisotopic (exact) mass is 285 g/mol. The lowest BCUT2D eigenvalue weighted by Crippen LogP contribution is -2.28. The first-order chi connectivity index (χ1) is 8.35. The van der Waals surface area contributed by atoms with Crippen molar-refractivity contribution in [2.75, 3.05) is 6.54 Å². The number of carbonyl (C=O) groups is 1. The van der Waals surface area contributed by atoms with Crippen LogP contribution in [0.15, 0.2) is 30.3 Å². The maximum Gasteiger partial charge on any atom is 0.224 e. The van der Waals surface area contributed by atoms with Crippen molar-refractivity contribution in [1.82, 2.24) is 5.32 Å². The molecule has 0 aromatic heterocycles. The van der Waals surface area contributed by atoms with Gasteiger partial charge in [0.25, 0.3) is 0 Å². The Hall–Kier alpha value is -0.730. The molecule has 1 aromatic carbocycles. The lowest BCUT2D eigenvalue weighted by Gasteiger charge is -2.05. The summed E-state index contributed by atoms with van der Waals surface area (Å²) in [5.41, 5.74) is 0.879. The number of carbonyl (C=O) groups excluding carboxylic acids is 1. The van der Waals surface area contributed by atoms with Gasteiger partial charge in [0, 0.05) is 17.9 Å². The minimum atomic E-state index is -0.715. The van der Waals surface area contributed by atoms with Gasteiger partial charge >= 0.3 is 0 Å². The second-order valence-corrected chi connectivity index (χ2v) is 6.75. The van der Waals surface area contributed by atoms with E-state index in [4.69, 9.17) is 23.2 Å². The summed E-state index contributed by atoms with van der Waals surface area (Å²) in [6.07, 6.45) is 0.394. The molecular formula is C14H17Cl2NO. The second-order valence-electron chi connectivity index (χ2n) is 5.36. The predicted octanol–water partition coefficient (Wildman–Crippen LogP) is 3.18. The molecule has 1 amide bonds. The lowest BCUT2D eigenvalue weighted by atomic mass is 10.1. The van der Waals surface area contributed by atoms with Crippen molar-refractivity contribution in [3.8, 4) is 0 Å². The minimum absolute atomic E-state index is 0.00744. The van der Waals surface area contributed by atoms with Crippen molar-refractivity contribution < 1.29 is 4.79 Å². The van der Waals surface area contributed by atoms with Crippen LogP contribution in [0.3, 0.4) is 0 Å². The number of nitrogens with one attached hydrogen (secondary N) is 1. The van der Waals surface area contributed by atoms with Gasteiger partial charge in [0.05, 0.1) is 6.42 Å². The molecule has 1 N–H and O–H groups in total. The Morgan fingerprint density at radius 1 is 1.28 bits per heavy atom. The number of halogens is 2. The topological polar surface area (TPSA) is 29.1 Å². The van der Waals surface area contributed by atoms with E-state index in [2.05, 4.69) is 5.32 Å². The second kappa shape index (κ2) is 4.75. The SMILES string of the molecule is CC1(C)C(CNC(=O)Cc2ccccc2)C1(Cl)Cl. The van der Waals surface area contributed by atoms with Gasteiger partial charge in [-0.1, -0.05) is 44.2 Å². The molecule has 1 saturated carbocycles. The Morgan fingerprint density at radius 3 is 2.33 bits per heavy atom. The van der Waals surface area contributed by atoms with E-state index in [-0.39, 0.29) is 17.2 Å². The third kappa shape index (κ3) is 2.50. The van der Waals surface area contributed by atoms with Crippen LogP contribution in [-0.4, -0.2) is 16.8 Å². The summed E-state index contributed by atoms with van der Waals surface area (Å²) >= 11 is 12.3. The molecule has 18 heavy (non-hydrogen) atoms. The van der Waals surface area contributed by atoms with Crippen LogP contribution in [0.5, 0.6) is 0 Å². The summed E-state index contributed by atoms with van der Waals surface area (Å²) in [6.45, 7) is 4.56.